The largest absolute Gasteiger partial charge is 0.390 e. The topological polar surface area (TPSA) is 40.5 Å². The second-order valence-corrected chi connectivity index (χ2v) is 5.37. The van der Waals surface area contributed by atoms with Gasteiger partial charge in [-0.05, 0) is 25.2 Å². The molecular weight excluding hydrogens is 200 g/mol. The number of hydrogen-bond donors (Lipinski definition) is 2. The Kier molecular flexibility index (Phi) is 7.06. The van der Waals surface area contributed by atoms with Crippen molar-refractivity contribution in [3.05, 3.63) is 0 Å². The van der Waals surface area contributed by atoms with Crippen molar-refractivity contribution >= 4 is 0 Å². The van der Waals surface area contributed by atoms with Crippen LogP contribution < -0.4 is 0 Å². The van der Waals surface area contributed by atoms with E-state index in [2.05, 4.69) is 6.92 Å². The van der Waals surface area contributed by atoms with E-state index in [0.717, 1.165) is 19.3 Å². The molecule has 3 unspecified atom stereocenters. The smallest absolute Gasteiger partial charge is 0.0801 e. The average Bonchev–Trinajstić information content (AvgIpc) is 2.28. The van der Waals surface area contributed by atoms with Gasteiger partial charge in [0.2, 0.25) is 0 Å². The molecule has 0 radical (unpaired) electrons. The lowest BCUT2D eigenvalue weighted by atomic mass is 9.82. The predicted molar refractivity (Wildman–Crippen MR) is 67.3 cm³/mol. The van der Waals surface area contributed by atoms with E-state index in [0.29, 0.717) is 5.92 Å². The minimum Gasteiger partial charge on any atom is -0.390 e. The van der Waals surface area contributed by atoms with Gasteiger partial charge in [-0.15, -0.1) is 0 Å². The molecule has 16 heavy (non-hydrogen) atoms. The van der Waals surface area contributed by atoms with Crippen LogP contribution in [-0.2, 0) is 0 Å². The Hall–Kier alpha value is -0.0800. The molecule has 0 amide bonds. The van der Waals surface area contributed by atoms with Gasteiger partial charge in [-0.2, -0.15) is 0 Å². The van der Waals surface area contributed by atoms with Crippen LogP contribution in [0.4, 0.5) is 0 Å². The van der Waals surface area contributed by atoms with Gasteiger partial charge in [0, 0.05) is 0 Å². The molecule has 0 aromatic heterocycles. The highest BCUT2D eigenvalue weighted by Crippen LogP contribution is 2.28. The van der Waals surface area contributed by atoms with E-state index in [1.54, 1.807) is 0 Å². The highest BCUT2D eigenvalue weighted by atomic mass is 16.3. The molecule has 3 atom stereocenters. The number of rotatable bonds is 7. The van der Waals surface area contributed by atoms with Crippen LogP contribution in [-0.4, -0.2) is 22.4 Å². The summed E-state index contributed by atoms with van der Waals surface area (Å²) in [5.74, 6) is 0.657. The SMILES string of the molecule is CCCCCCCCC1CCC(O)C(O)C1. The maximum absolute atomic E-state index is 9.57. The van der Waals surface area contributed by atoms with Gasteiger partial charge in [0.05, 0.1) is 12.2 Å². The normalized spacial score (nSPS) is 30.6. The maximum Gasteiger partial charge on any atom is 0.0801 e. The van der Waals surface area contributed by atoms with Crippen molar-refractivity contribution < 1.29 is 10.2 Å². The summed E-state index contributed by atoms with van der Waals surface area (Å²) in [7, 11) is 0. The van der Waals surface area contributed by atoms with Crippen LogP contribution in [0.25, 0.3) is 0 Å². The highest BCUT2D eigenvalue weighted by Gasteiger charge is 2.26. The molecular formula is C14H28O2. The second-order valence-electron chi connectivity index (χ2n) is 5.37. The van der Waals surface area contributed by atoms with Crippen molar-refractivity contribution in [3.8, 4) is 0 Å². The quantitative estimate of drug-likeness (QED) is 0.657. The average molecular weight is 228 g/mol. The van der Waals surface area contributed by atoms with Gasteiger partial charge in [0.1, 0.15) is 0 Å². The minimum absolute atomic E-state index is 0.458. The van der Waals surface area contributed by atoms with Crippen LogP contribution in [0.5, 0.6) is 0 Å². The van der Waals surface area contributed by atoms with Crippen LogP contribution in [0.2, 0.25) is 0 Å². The van der Waals surface area contributed by atoms with E-state index in [4.69, 9.17) is 0 Å². The molecule has 1 aliphatic rings. The third kappa shape index (κ3) is 5.31. The molecule has 96 valence electrons. The first-order chi connectivity index (χ1) is 7.74. The molecule has 0 spiro atoms. The lowest BCUT2D eigenvalue weighted by Crippen LogP contribution is -2.33. The van der Waals surface area contributed by atoms with E-state index < -0.39 is 12.2 Å². The monoisotopic (exact) mass is 228 g/mol. The maximum atomic E-state index is 9.57. The van der Waals surface area contributed by atoms with Crippen molar-refractivity contribution in [1.29, 1.82) is 0 Å². The Balaban J connectivity index is 1.97. The van der Waals surface area contributed by atoms with E-state index >= 15 is 0 Å². The third-order valence-corrected chi connectivity index (χ3v) is 3.86. The Morgan fingerprint density at radius 3 is 2.25 bits per heavy atom. The summed E-state index contributed by atoms with van der Waals surface area (Å²) in [5.41, 5.74) is 0. The van der Waals surface area contributed by atoms with E-state index in [9.17, 15) is 10.2 Å². The first kappa shape index (κ1) is 14.0. The van der Waals surface area contributed by atoms with E-state index in [1.165, 1.54) is 44.9 Å². The van der Waals surface area contributed by atoms with Crippen molar-refractivity contribution in [2.75, 3.05) is 0 Å². The molecule has 0 aromatic carbocycles. The number of aliphatic hydroxyl groups is 2. The van der Waals surface area contributed by atoms with Gasteiger partial charge in [0.25, 0.3) is 0 Å². The fraction of sp³-hybridized carbons (Fsp3) is 1.00. The van der Waals surface area contributed by atoms with Crippen molar-refractivity contribution in [2.24, 2.45) is 5.92 Å². The Bertz CT molecular complexity index is 170. The first-order valence-corrected chi connectivity index (χ1v) is 7.10. The fourth-order valence-corrected chi connectivity index (χ4v) is 2.69. The Morgan fingerprint density at radius 1 is 0.875 bits per heavy atom. The molecule has 0 aliphatic heterocycles. The zero-order valence-electron chi connectivity index (χ0n) is 10.7. The number of hydrogen-bond acceptors (Lipinski definition) is 2. The predicted octanol–water partition coefficient (Wildman–Crippen LogP) is 3.26. The molecule has 1 rings (SSSR count). The van der Waals surface area contributed by atoms with Gasteiger partial charge in [-0.3, -0.25) is 0 Å². The van der Waals surface area contributed by atoms with Gasteiger partial charge in [-0.1, -0.05) is 51.9 Å². The van der Waals surface area contributed by atoms with Gasteiger partial charge >= 0.3 is 0 Å². The highest BCUT2D eigenvalue weighted by molar-refractivity contribution is 4.78. The molecule has 0 aromatic rings. The van der Waals surface area contributed by atoms with Gasteiger partial charge < -0.3 is 10.2 Å². The van der Waals surface area contributed by atoms with Crippen molar-refractivity contribution in [3.63, 3.8) is 0 Å². The van der Waals surface area contributed by atoms with Gasteiger partial charge in [-0.25, -0.2) is 0 Å². The lowest BCUT2D eigenvalue weighted by molar-refractivity contribution is -0.0267. The summed E-state index contributed by atoms with van der Waals surface area (Å²) in [6.45, 7) is 2.24. The number of unbranched alkanes of at least 4 members (excludes halogenated alkanes) is 5. The molecule has 2 nitrogen and oxygen atoms in total. The summed E-state index contributed by atoms with van der Waals surface area (Å²) in [6, 6.07) is 0. The number of aliphatic hydroxyl groups excluding tert-OH is 2. The third-order valence-electron chi connectivity index (χ3n) is 3.86. The van der Waals surface area contributed by atoms with Crippen molar-refractivity contribution in [2.45, 2.75) is 83.3 Å². The summed E-state index contributed by atoms with van der Waals surface area (Å²) in [5, 5.41) is 19.0. The fourth-order valence-electron chi connectivity index (χ4n) is 2.69. The summed E-state index contributed by atoms with van der Waals surface area (Å²) in [4.78, 5) is 0. The van der Waals surface area contributed by atoms with E-state index in [-0.39, 0.29) is 0 Å². The Labute approximate surface area is 100 Å². The summed E-state index contributed by atoms with van der Waals surface area (Å²) >= 11 is 0. The molecule has 0 heterocycles. The molecule has 1 saturated carbocycles. The molecule has 1 fully saturated rings. The van der Waals surface area contributed by atoms with Crippen LogP contribution in [0.3, 0.4) is 0 Å². The summed E-state index contributed by atoms with van der Waals surface area (Å²) < 4.78 is 0. The molecule has 0 bridgehead atoms. The zero-order valence-corrected chi connectivity index (χ0v) is 10.7. The minimum atomic E-state index is -0.459. The molecule has 0 saturated heterocycles. The summed E-state index contributed by atoms with van der Waals surface area (Å²) in [6.07, 6.45) is 11.1. The van der Waals surface area contributed by atoms with E-state index in [1.807, 2.05) is 0 Å². The first-order valence-electron chi connectivity index (χ1n) is 7.10. The molecule has 1 aliphatic carbocycles. The van der Waals surface area contributed by atoms with Gasteiger partial charge in [0.15, 0.2) is 0 Å². The second kappa shape index (κ2) is 8.08. The molecule has 2 heteroatoms. The van der Waals surface area contributed by atoms with Crippen molar-refractivity contribution in [1.82, 2.24) is 0 Å². The molecule has 2 N–H and O–H groups in total. The zero-order chi connectivity index (χ0) is 11.8. The standard InChI is InChI=1S/C14H28O2/c1-2-3-4-5-6-7-8-12-9-10-13(15)14(16)11-12/h12-16H,2-11H2,1H3. The van der Waals surface area contributed by atoms with Crippen LogP contribution >= 0.6 is 0 Å². The van der Waals surface area contributed by atoms with Crippen LogP contribution in [0.1, 0.15) is 71.1 Å². The lowest BCUT2D eigenvalue weighted by Gasteiger charge is -2.30. The van der Waals surface area contributed by atoms with Crippen LogP contribution in [0, 0.1) is 5.92 Å². The van der Waals surface area contributed by atoms with Crippen LogP contribution in [0.15, 0.2) is 0 Å². The Morgan fingerprint density at radius 2 is 1.56 bits per heavy atom.